The number of benzene rings is 2. The van der Waals surface area contributed by atoms with Crippen molar-refractivity contribution in [3.63, 3.8) is 0 Å². The van der Waals surface area contributed by atoms with Crippen molar-refractivity contribution in [3.05, 3.63) is 65.4 Å². The quantitative estimate of drug-likeness (QED) is 0.512. The molecule has 39 heavy (non-hydrogen) atoms. The minimum atomic E-state index is -1.89. The van der Waals surface area contributed by atoms with Gasteiger partial charge in [-0.15, -0.1) is 0 Å². The molecule has 3 amide bonds. The standard InChI is InChI=1S/C28H26F3N5O3/c1-27(2,31)12-23(35(3)24(37)22-10-17-19(30)8-15(29)9-21(17)33-22)25(38)36-14-28(11-16(36)13-32)18-6-4-5-7-20(18)34-26(28)39/h4-10,16,23,33H,11-12,14H2,1-3H3,(H,34,39)/t16-,23?,28-/m0/s1. The molecule has 2 aliphatic rings. The molecule has 3 aromatic rings. The number of nitriles is 1. The number of likely N-dealkylation sites (tertiary alicyclic amines) is 1. The molecule has 1 aromatic heterocycles. The number of nitrogens with one attached hydrogen (secondary N) is 2. The van der Waals surface area contributed by atoms with Crippen molar-refractivity contribution >= 4 is 34.3 Å². The SMILES string of the molecule is CN(C(=O)c1cc2c(F)cc(F)cc2[nH]1)C(CC(C)(C)F)C(=O)N1C[C@]2(C[C@H]1C#N)C(=O)Nc1ccccc12. The van der Waals surface area contributed by atoms with Gasteiger partial charge >= 0.3 is 0 Å². The summed E-state index contributed by atoms with van der Waals surface area (Å²) in [5.41, 5.74) is -1.83. The van der Waals surface area contributed by atoms with E-state index in [2.05, 4.69) is 16.4 Å². The average molecular weight is 538 g/mol. The van der Waals surface area contributed by atoms with Crippen molar-refractivity contribution in [1.29, 1.82) is 5.26 Å². The molecule has 5 rings (SSSR count). The van der Waals surface area contributed by atoms with Crippen LogP contribution in [0, 0.1) is 23.0 Å². The Kier molecular flexibility index (Phi) is 6.17. The molecule has 1 saturated heterocycles. The maximum atomic E-state index is 15.0. The summed E-state index contributed by atoms with van der Waals surface area (Å²) in [5, 5.41) is 12.7. The summed E-state index contributed by atoms with van der Waals surface area (Å²) in [4.78, 5) is 45.4. The molecule has 2 aromatic carbocycles. The fourth-order valence-corrected chi connectivity index (χ4v) is 5.63. The largest absolute Gasteiger partial charge is 0.350 e. The van der Waals surface area contributed by atoms with Crippen LogP contribution in [0.25, 0.3) is 10.9 Å². The lowest BCUT2D eigenvalue weighted by Gasteiger charge is -2.34. The summed E-state index contributed by atoms with van der Waals surface area (Å²) in [6.45, 7) is 2.41. The highest BCUT2D eigenvalue weighted by Crippen LogP contribution is 2.46. The first kappa shape index (κ1) is 26.3. The zero-order chi connectivity index (χ0) is 28.3. The summed E-state index contributed by atoms with van der Waals surface area (Å²) in [6.07, 6.45) is -0.351. The zero-order valence-electron chi connectivity index (χ0n) is 21.5. The van der Waals surface area contributed by atoms with E-state index in [1.54, 1.807) is 24.3 Å². The number of aromatic amines is 1. The van der Waals surface area contributed by atoms with Crippen molar-refractivity contribution in [2.75, 3.05) is 18.9 Å². The van der Waals surface area contributed by atoms with Gasteiger partial charge in [0, 0.05) is 43.6 Å². The predicted molar refractivity (Wildman–Crippen MR) is 136 cm³/mol. The van der Waals surface area contributed by atoms with E-state index < -0.39 is 53.0 Å². The van der Waals surface area contributed by atoms with Crippen molar-refractivity contribution in [1.82, 2.24) is 14.8 Å². The molecule has 3 heterocycles. The third kappa shape index (κ3) is 4.39. The number of halogens is 3. The number of carbonyl (C=O) groups is 3. The molecule has 1 spiro atoms. The summed E-state index contributed by atoms with van der Waals surface area (Å²) < 4.78 is 42.9. The van der Waals surface area contributed by atoms with E-state index >= 15 is 0 Å². The minimum absolute atomic E-state index is 0.0150. The van der Waals surface area contributed by atoms with Crippen LogP contribution in [-0.2, 0) is 15.0 Å². The second kappa shape index (κ2) is 9.15. The van der Waals surface area contributed by atoms with E-state index in [4.69, 9.17) is 0 Å². The summed E-state index contributed by atoms with van der Waals surface area (Å²) in [7, 11) is 1.31. The number of rotatable bonds is 5. The lowest BCUT2D eigenvalue weighted by molar-refractivity contribution is -0.137. The molecule has 3 atom stereocenters. The molecule has 11 heteroatoms. The third-order valence-electron chi connectivity index (χ3n) is 7.55. The molecule has 2 N–H and O–H groups in total. The topological polar surface area (TPSA) is 109 Å². The molecule has 2 aliphatic heterocycles. The lowest BCUT2D eigenvalue weighted by atomic mass is 9.80. The molecule has 202 valence electrons. The Bertz CT molecular complexity index is 1560. The highest BCUT2D eigenvalue weighted by Gasteiger charge is 2.57. The van der Waals surface area contributed by atoms with Gasteiger partial charge in [0.25, 0.3) is 5.91 Å². The molecular weight excluding hydrogens is 511 g/mol. The van der Waals surface area contributed by atoms with Gasteiger partial charge in [0.1, 0.15) is 35.1 Å². The second-order valence-corrected chi connectivity index (χ2v) is 10.8. The van der Waals surface area contributed by atoms with Crippen LogP contribution >= 0.6 is 0 Å². The van der Waals surface area contributed by atoms with E-state index in [0.29, 0.717) is 17.3 Å². The van der Waals surface area contributed by atoms with Crippen molar-refractivity contribution in [2.45, 2.75) is 49.9 Å². The first-order valence-corrected chi connectivity index (χ1v) is 12.4. The highest BCUT2D eigenvalue weighted by atomic mass is 19.1. The number of carbonyl (C=O) groups excluding carboxylic acids is 3. The highest BCUT2D eigenvalue weighted by molar-refractivity contribution is 6.07. The summed E-state index contributed by atoms with van der Waals surface area (Å²) in [5.74, 6) is -3.47. The monoisotopic (exact) mass is 537 g/mol. The second-order valence-electron chi connectivity index (χ2n) is 10.8. The van der Waals surface area contributed by atoms with Crippen LogP contribution in [0.5, 0.6) is 0 Å². The molecular formula is C28H26F3N5O3. The Morgan fingerprint density at radius 2 is 1.97 bits per heavy atom. The molecule has 0 aliphatic carbocycles. The van der Waals surface area contributed by atoms with E-state index in [1.165, 1.54) is 31.9 Å². The van der Waals surface area contributed by atoms with Crippen LogP contribution in [0.15, 0.2) is 42.5 Å². The Labute approximate surface area is 222 Å². The van der Waals surface area contributed by atoms with Crippen LogP contribution < -0.4 is 5.32 Å². The van der Waals surface area contributed by atoms with Gasteiger partial charge in [-0.1, -0.05) is 18.2 Å². The fraction of sp³-hybridized carbons (Fsp3) is 0.357. The van der Waals surface area contributed by atoms with Gasteiger partial charge in [-0.2, -0.15) is 5.26 Å². The predicted octanol–water partition coefficient (Wildman–Crippen LogP) is 4.04. The van der Waals surface area contributed by atoms with Crippen LogP contribution in [0.1, 0.15) is 42.7 Å². The third-order valence-corrected chi connectivity index (χ3v) is 7.55. The van der Waals surface area contributed by atoms with Crippen molar-refractivity contribution in [2.24, 2.45) is 0 Å². The number of fused-ring (bicyclic) bond motifs is 3. The number of alkyl halides is 1. The van der Waals surface area contributed by atoms with Crippen molar-refractivity contribution in [3.8, 4) is 6.07 Å². The summed E-state index contributed by atoms with van der Waals surface area (Å²) >= 11 is 0. The molecule has 1 unspecified atom stereocenters. The van der Waals surface area contributed by atoms with Gasteiger partial charge in [0.05, 0.1) is 17.0 Å². The number of H-pyrrole nitrogens is 1. The molecule has 8 nitrogen and oxygen atoms in total. The Balaban J connectivity index is 1.49. The number of nitrogens with zero attached hydrogens (tertiary/aromatic N) is 3. The van der Waals surface area contributed by atoms with Gasteiger partial charge in [0.2, 0.25) is 11.8 Å². The first-order chi connectivity index (χ1) is 18.3. The van der Waals surface area contributed by atoms with E-state index in [9.17, 15) is 32.8 Å². The number of likely N-dealkylation sites (N-methyl/N-ethyl adjacent to an activating group) is 1. The fourth-order valence-electron chi connectivity index (χ4n) is 5.63. The number of amides is 3. The number of anilines is 1. The van der Waals surface area contributed by atoms with E-state index in [0.717, 1.165) is 11.0 Å². The van der Waals surface area contributed by atoms with Gasteiger partial charge in [-0.05, 0) is 37.6 Å². The zero-order valence-corrected chi connectivity index (χ0v) is 21.5. The van der Waals surface area contributed by atoms with Crippen molar-refractivity contribution < 1.29 is 27.6 Å². The first-order valence-electron chi connectivity index (χ1n) is 12.4. The van der Waals surface area contributed by atoms with Crippen LogP contribution in [0.4, 0.5) is 18.9 Å². The maximum Gasteiger partial charge on any atom is 0.270 e. The average Bonchev–Trinajstić information content (AvgIpc) is 3.55. The van der Waals surface area contributed by atoms with Crippen LogP contribution in [-0.4, -0.2) is 63.9 Å². The van der Waals surface area contributed by atoms with Crippen LogP contribution in [0.3, 0.4) is 0 Å². The number of hydrogen-bond donors (Lipinski definition) is 2. The molecule has 0 saturated carbocycles. The number of hydrogen-bond acceptors (Lipinski definition) is 4. The Morgan fingerprint density at radius 1 is 1.26 bits per heavy atom. The van der Waals surface area contributed by atoms with E-state index in [-0.39, 0.29) is 35.5 Å². The number of para-hydroxylation sites is 1. The summed E-state index contributed by atoms with van der Waals surface area (Å²) in [6, 6.07) is 9.71. The van der Waals surface area contributed by atoms with Gasteiger partial charge < -0.3 is 20.1 Å². The van der Waals surface area contributed by atoms with Crippen LogP contribution in [0.2, 0.25) is 0 Å². The molecule has 0 bridgehead atoms. The normalized spacial score (nSPS) is 21.1. The Hall–Kier alpha value is -4.33. The lowest BCUT2D eigenvalue weighted by Crippen LogP contribution is -2.53. The number of aromatic nitrogens is 1. The van der Waals surface area contributed by atoms with Gasteiger partial charge in [-0.3, -0.25) is 14.4 Å². The molecule has 1 fully saturated rings. The molecule has 0 radical (unpaired) electrons. The maximum absolute atomic E-state index is 15.0. The smallest absolute Gasteiger partial charge is 0.270 e. The van der Waals surface area contributed by atoms with Gasteiger partial charge in [-0.25, -0.2) is 13.2 Å². The Morgan fingerprint density at radius 3 is 2.67 bits per heavy atom. The minimum Gasteiger partial charge on any atom is -0.350 e. The van der Waals surface area contributed by atoms with Gasteiger partial charge in [0.15, 0.2) is 0 Å². The van der Waals surface area contributed by atoms with E-state index in [1.807, 2.05) is 0 Å².